The van der Waals surface area contributed by atoms with E-state index in [4.69, 9.17) is 14.4 Å². The van der Waals surface area contributed by atoms with Crippen LogP contribution in [0, 0.1) is 0 Å². The van der Waals surface area contributed by atoms with Crippen molar-refractivity contribution in [1.29, 1.82) is 0 Å². The van der Waals surface area contributed by atoms with Gasteiger partial charge in [0.25, 0.3) is 0 Å². The molecule has 2 aliphatic heterocycles. The van der Waals surface area contributed by atoms with Gasteiger partial charge in [-0.25, -0.2) is 9.98 Å². The van der Waals surface area contributed by atoms with E-state index in [1.807, 2.05) is 30.3 Å². The number of fused-ring (bicyclic) bond motifs is 4. The second-order valence-corrected chi connectivity index (χ2v) is 8.02. The van der Waals surface area contributed by atoms with Crippen molar-refractivity contribution in [3.8, 4) is 11.5 Å². The summed E-state index contributed by atoms with van der Waals surface area (Å²) in [6.45, 7) is 2.21. The summed E-state index contributed by atoms with van der Waals surface area (Å²) in [5.41, 5.74) is 4.61. The lowest BCUT2D eigenvalue weighted by Gasteiger charge is -2.28. The van der Waals surface area contributed by atoms with Gasteiger partial charge in [0.1, 0.15) is 11.2 Å². The van der Waals surface area contributed by atoms with Crippen molar-refractivity contribution < 1.29 is 4.42 Å². The average Bonchev–Trinajstić information content (AvgIpc) is 2.84. The lowest BCUT2D eigenvalue weighted by Crippen LogP contribution is -2.29. The van der Waals surface area contributed by atoms with Crippen LogP contribution in [0.1, 0.15) is 19.3 Å². The van der Waals surface area contributed by atoms with Crippen LogP contribution in [0.15, 0.2) is 82.5 Å². The van der Waals surface area contributed by atoms with Gasteiger partial charge in [0, 0.05) is 54.1 Å². The number of piperidine rings is 1. The van der Waals surface area contributed by atoms with Gasteiger partial charge in [0.2, 0.25) is 0 Å². The van der Waals surface area contributed by atoms with E-state index >= 15 is 0 Å². The lowest BCUT2D eigenvalue weighted by molar-refractivity contribution is 0.576. The Morgan fingerprint density at radius 3 is 2.48 bits per heavy atom. The first-order valence-electron chi connectivity index (χ1n) is 10.8. The van der Waals surface area contributed by atoms with Crippen LogP contribution >= 0.6 is 0 Å². The van der Waals surface area contributed by atoms with Crippen molar-refractivity contribution >= 4 is 33.2 Å². The quantitative estimate of drug-likeness (QED) is 0.279. The zero-order valence-corrected chi connectivity index (χ0v) is 17.2. The molecule has 5 nitrogen and oxygen atoms in total. The molecule has 0 unspecified atom stereocenters. The van der Waals surface area contributed by atoms with Crippen LogP contribution in [0.5, 0.6) is 0 Å². The summed E-state index contributed by atoms with van der Waals surface area (Å²) in [6, 6.07) is 20.4. The van der Waals surface area contributed by atoms with E-state index in [-0.39, 0.29) is 0 Å². The van der Waals surface area contributed by atoms with Crippen molar-refractivity contribution in [3.05, 3.63) is 78.4 Å². The lowest BCUT2D eigenvalue weighted by atomic mass is 10.0. The third-order valence-corrected chi connectivity index (χ3v) is 5.99. The Kier molecular flexibility index (Phi) is 4.38. The van der Waals surface area contributed by atoms with Gasteiger partial charge in [-0.3, -0.25) is 4.98 Å². The van der Waals surface area contributed by atoms with Gasteiger partial charge in [0.05, 0.1) is 11.0 Å². The summed E-state index contributed by atoms with van der Waals surface area (Å²) in [4.78, 5) is 16.4. The molecule has 5 heteroatoms. The minimum absolute atomic E-state index is 0.745. The third kappa shape index (κ3) is 3.32. The molecule has 1 aliphatic carbocycles. The summed E-state index contributed by atoms with van der Waals surface area (Å²) < 4.78 is 6.40. The van der Waals surface area contributed by atoms with Gasteiger partial charge in [-0.2, -0.15) is 0 Å². The topological polar surface area (TPSA) is 54.5 Å². The molecule has 6 rings (SSSR count). The number of rotatable bonds is 2. The predicted molar refractivity (Wildman–Crippen MR) is 124 cm³/mol. The Morgan fingerprint density at radius 2 is 1.65 bits per heavy atom. The molecule has 1 fully saturated rings. The van der Waals surface area contributed by atoms with Gasteiger partial charge < -0.3 is 9.32 Å². The smallest absolute Gasteiger partial charge is 0.155 e. The normalized spacial score (nSPS) is 15.2. The molecule has 1 aromatic heterocycles. The van der Waals surface area contributed by atoms with E-state index in [0.29, 0.717) is 0 Å². The monoisotopic (exact) mass is 406 g/mol. The predicted octanol–water partition coefficient (Wildman–Crippen LogP) is 5.70. The highest BCUT2D eigenvalue weighted by Crippen LogP contribution is 2.32. The molecule has 0 saturated carbocycles. The van der Waals surface area contributed by atoms with Crippen LogP contribution in [0.3, 0.4) is 0 Å². The number of hydrogen-bond donors (Lipinski definition) is 0. The number of benzene rings is 3. The molecule has 0 N–H and O–H groups in total. The van der Waals surface area contributed by atoms with E-state index < -0.39 is 0 Å². The molecule has 31 heavy (non-hydrogen) atoms. The SMILES string of the molecule is c1ccc2/c(=N\c3ccncc3)cc3oc4cc(N5CCCCC5)ccc4nc-3c2c1. The van der Waals surface area contributed by atoms with E-state index in [0.717, 1.165) is 57.5 Å². The van der Waals surface area contributed by atoms with E-state index in [2.05, 4.69) is 40.2 Å². The van der Waals surface area contributed by atoms with E-state index in [1.165, 1.54) is 24.9 Å². The standard InChI is InChI=1S/C26H22N4O/c1-4-14-30(15-5-1)19-8-9-22-24(16-19)31-25-17-23(28-18-10-12-27-13-11-18)20-6-2-3-7-21(20)26(25)29-22/h2-3,6-13,16-17H,1,4-5,14-15H2/b28-23-. The van der Waals surface area contributed by atoms with Crippen molar-refractivity contribution in [2.75, 3.05) is 18.0 Å². The molecule has 3 heterocycles. The Morgan fingerprint density at radius 1 is 0.839 bits per heavy atom. The van der Waals surface area contributed by atoms with Crippen molar-refractivity contribution in [3.63, 3.8) is 0 Å². The Hall–Kier alpha value is -3.73. The number of nitrogens with zero attached hydrogens (tertiary/aromatic N) is 4. The fraction of sp³-hybridized carbons (Fsp3) is 0.192. The summed E-state index contributed by atoms with van der Waals surface area (Å²) in [7, 11) is 0. The summed E-state index contributed by atoms with van der Waals surface area (Å²) in [5.74, 6) is 0.745. The average molecular weight is 406 g/mol. The van der Waals surface area contributed by atoms with E-state index in [9.17, 15) is 0 Å². The maximum Gasteiger partial charge on any atom is 0.155 e. The van der Waals surface area contributed by atoms with Crippen LogP contribution in [-0.4, -0.2) is 23.1 Å². The second-order valence-electron chi connectivity index (χ2n) is 8.02. The van der Waals surface area contributed by atoms with Crippen LogP contribution < -0.4 is 10.3 Å². The highest BCUT2D eigenvalue weighted by atomic mass is 16.3. The van der Waals surface area contributed by atoms with Gasteiger partial charge in [0.15, 0.2) is 11.3 Å². The molecule has 0 bridgehead atoms. The van der Waals surface area contributed by atoms with Crippen molar-refractivity contribution in [1.82, 2.24) is 9.97 Å². The maximum atomic E-state index is 6.40. The molecule has 0 spiro atoms. The molecule has 0 atom stereocenters. The van der Waals surface area contributed by atoms with Crippen LogP contribution in [0.2, 0.25) is 0 Å². The van der Waals surface area contributed by atoms with Gasteiger partial charge in [-0.05, 0) is 43.5 Å². The summed E-state index contributed by atoms with van der Waals surface area (Å²) >= 11 is 0. The second kappa shape index (κ2) is 7.51. The van der Waals surface area contributed by atoms with Gasteiger partial charge >= 0.3 is 0 Å². The fourth-order valence-corrected chi connectivity index (χ4v) is 4.42. The van der Waals surface area contributed by atoms with Gasteiger partial charge in [-0.15, -0.1) is 0 Å². The van der Waals surface area contributed by atoms with Gasteiger partial charge in [-0.1, -0.05) is 24.3 Å². The van der Waals surface area contributed by atoms with Crippen LogP contribution in [0.4, 0.5) is 11.4 Å². The molecule has 2 aromatic carbocycles. The molecule has 1 saturated heterocycles. The molecule has 3 aromatic rings. The first-order valence-corrected chi connectivity index (χ1v) is 10.8. The Labute approximate surface area is 180 Å². The van der Waals surface area contributed by atoms with Crippen LogP contribution in [-0.2, 0) is 0 Å². The molecule has 0 radical (unpaired) electrons. The molecular formula is C26H22N4O. The Balaban J connectivity index is 1.58. The molecular weight excluding hydrogens is 384 g/mol. The Bertz CT molecular complexity index is 1420. The zero-order chi connectivity index (χ0) is 20.6. The first-order chi connectivity index (χ1) is 15.3. The summed E-state index contributed by atoms with van der Waals surface area (Å²) in [5, 5.41) is 2.96. The maximum absolute atomic E-state index is 6.40. The summed E-state index contributed by atoms with van der Waals surface area (Å²) in [6.07, 6.45) is 7.32. The highest BCUT2D eigenvalue weighted by Gasteiger charge is 2.17. The molecule has 152 valence electrons. The van der Waals surface area contributed by atoms with E-state index in [1.54, 1.807) is 12.4 Å². The number of anilines is 1. The van der Waals surface area contributed by atoms with Crippen molar-refractivity contribution in [2.24, 2.45) is 4.99 Å². The molecule has 0 amide bonds. The van der Waals surface area contributed by atoms with Crippen LogP contribution in [0.25, 0.3) is 33.3 Å². The third-order valence-electron chi connectivity index (χ3n) is 5.99. The molecule has 3 aliphatic rings. The largest absolute Gasteiger partial charge is 0.453 e. The highest BCUT2D eigenvalue weighted by molar-refractivity contribution is 5.96. The number of pyridine rings is 1. The number of aromatic nitrogens is 2. The number of hydrogen-bond acceptors (Lipinski definition) is 5. The minimum Gasteiger partial charge on any atom is -0.453 e. The van der Waals surface area contributed by atoms with Crippen molar-refractivity contribution in [2.45, 2.75) is 19.3 Å². The minimum atomic E-state index is 0.745. The fourth-order valence-electron chi connectivity index (χ4n) is 4.42. The first kappa shape index (κ1) is 18.1. The zero-order valence-electron chi connectivity index (χ0n) is 17.2.